The minimum Gasteiger partial charge on any atom is -0.490 e. The number of anilines is 1. The van der Waals surface area contributed by atoms with Gasteiger partial charge in [-0.3, -0.25) is 4.79 Å². The van der Waals surface area contributed by atoms with E-state index in [1.54, 1.807) is 12.4 Å². The summed E-state index contributed by atoms with van der Waals surface area (Å²) < 4.78 is 5.70. The van der Waals surface area contributed by atoms with Gasteiger partial charge in [-0.05, 0) is 91.5 Å². The van der Waals surface area contributed by atoms with E-state index in [-0.39, 0.29) is 6.42 Å². The molecule has 0 aliphatic rings. The number of aliphatic carboxylic acids is 1. The fourth-order valence-corrected chi connectivity index (χ4v) is 5.29. The van der Waals surface area contributed by atoms with Crippen LogP contribution in [-0.4, -0.2) is 27.7 Å². The number of ether oxygens (including phenoxy) is 1. The van der Waals surface area contributed by atoms with Gasteiger partial charge in [-0.1, -0.05) is 73.5 Å². The SMILES string of the molecule is Cc1cc(C)cc(CN(Cc2cc(C)c(C)cc2-c2cc(C(C)C)ccc2C)c2ncc(OCCCC(=O)O)cn2)c1. The van der Waals surface area contributed by atoms with Crippen LogP contribution in [0, 0.1) is 34.6 Å². The zero-order chi connectivity index (χ0) is 30.4. The molecule has 0 amide bonds. The molecule has 4 rings (SSSR count). The van der Waals surface area contributed by atoms with Crippen LogP contribution in [0.3, 0.4) is 0 Å². The lowest BCUT2D eigenvalue weighted by molar-refractivity contribution is -0.137. The molecule has 1 N–H and O–H groups in total. The Morgan fingerprint density at radius 2 is 1.50 bits per heavy atom. The van der Waals surface area contributed by atoms with Crippen molar-refractivity contribution in [2.75, 3.05) is 11.5 Å². The van der Waals surface area contributed by atoms with E-state index in [2.05, 4.69) is 102 Å². The normalized spacial score (nSPS) is 11.1. The Kier molecular flexibility index (Phi) is 10.00. The topological polar surface area (TPSA) is 75.6 Å². The zero-order valence-electron chi connectivity index (χ0n) is 26.0. The highest BCUT2D eigenvalue weighted by molar-refractivity contribution is 5.73. The summed E-state index contributed by atoms with van der Waals surface area (Å²) in [4.78, 5) is 22.4. The lowest BCUT2D eigenvalue weighted by Crippen LogP contribution is -2.25. The van der Waals surface area contributed by atoms with Crippen molar-refractivity contribution in [2.45, 2.75) is 80.3 Å². The van der Waals surface area contributed by atoms with Gasteiger partial charge in [0.1, 0.15) is 0 Å². The second-order valence-corrected chi connectivity index (χ2v) is 11.7. The monoisotopic (exact) mass is 565 g/mol. The Labute approximate surface area is 250 Å². The molecule has 0 saturated heterocycles. The number of nitrogens with zero attached hydrogens (tertiary/aromatic N) is 3. The third-order valence-corrected chi connectivity index (χ3v) is 7.66. The molecule has 0 spiro atoms. The molecule has 0 radical (unpaired) electrons. The maximum atomic E-state index is 10.8. The van der Waals surface area contributed by atoms with Crippen LogP contribution in [-0.2, 0) is 17.9 Å². The second kappa shape index (κ2) is 13.6. The average Bonchev–Trinajstić information content (AvgIpc) is 2.92. The Bertz CT molecular complexity index is 1520. The number of benzene rings is 3. The van der Waals surface area contributed by atoms with Gasteiger partial charge in [0.15, 0.2) is 5.75 Å². The van der Waals surface area contributed by atoms with E-state index in [4.69, 9.17) is 19.8 Å². The van der Waals surface area contributed by atoms with Crippen LogP contribution in [0.4, 0.5) is 5.95 Å². The van der Waals surface area contributed by atoms with Gasteiger partial charge in [0.25, 0.3) is 0 Å². The Hall–Kier alpha value is -4.19. The Morgan fingerprint density at radius 3 is 2.14 bits per heavy atom. The Morgan fingerprint density at radius 1 is 0.833 bits per heavy atom. The number of aromatic nitrogens is 2. The highest BCUT2D eigenvalue weighted by Gasteiger charge is 2.18. The first-order chi connectivity index (χ1) is 20.0. The fourth-order valence-electron chi connectivity index (χ4n) is 5.29. The van der Waals surface area contributed by atoms with E-state index in [0.717, 1.165) is 0 Å². The number of rotatable bonds is 12. The van der Waals surface area contributed by atoms with E-state index in [1.165, 1.54) is 55.6 Å². The van der Waals surface area contributed by atoms with Crippen LogP contribution < -0.4 is 9.64 Å². The molecule has 6 heteroatoms. The smallest absolute Gasteiger partial charge is 0.303 e. The van der Waals surface area contributed by atoms with Crippen LogP contribution in [0.25, 0.3) is 11.1 Å². The predicted molar refractivity (Wildman–Crippen MR) is 170 cm³/mol. The van der Waals surface area contributed by atoms with Gasteiger partial charge >= 0.3 is 5.97 Å². The van der Waals surface area contributed by atoms with Crippen LogP contribution in [0.5, 0.6) is 5.75 Å². The minimum absolute atomic E-state index is 0.0699. The third kappa shape index (κ3) is 7.96. The molecule has 3 aromatic carbocycles. The van der Waals surface area contributed by atoms with E-state index >= 15 is 0 Å². The van der Waals surface area contributed by atoms with Crippen LogP contribution in [0.2, 0.25) is 0 Å². The van der Waals surface area contributed by atoms with Crippen molar-refractivity contribution >= 4 is 11.9 Å². The van der Waals surface area contributed by atoms with Gasteiger partial charge < -0.3 is 14.7 Å². The van der Waals surface area contributed by atoms with E-state index in [1.807, 2.05) is 0 Å². The molecule has 0 aliphatic heterocycles. The number of carboxylic acids is 1. The molecule has 0 aliphatic carbocycles. The van der Waals surface area contributed by atoms with Crippen LogP contribution in [0.1, 0.15) is 77.1 Å². The van der Waals surface area contributed by atoms with Crippen LogP contribution in [0.15, 0.2) is 60.9 Å². The molecule has 1 aromatic heterocycles. The summed E-state index contributed by atoms with van der Waals surface area (Å²) in [5, 5.41) is 8.88. The summed E-state index contributed by atoms with van der Waals surface area (Å²) in [6.45, 7) is 16.8. The molecular weight excluding hydrogens is 522 g/mol. The molecule has 4 aromatic rings. The van der Waals surface area contributed by atoms with Crippen molar-refractivity contribution in [3.63, 3.8) is 0 Å². The van der Waals surface area contributed by atoms with Gasteiger partial charge in [0.05, 0.1) is 19.0 Å². The molecule has 0 fully saturated rings. The van der Waals surface area contributed by atoms with E-state index in [0.29, 0.717) is 43.7 Å². The molecule has 6 nitrogen and oxygen atoms in total. The van der Waals surface area contributed by atoms with Crippen molar-refractivity contribution in [3.05, 3.63) is 105 Å². The molecule has 0 atom stereocenters. The van der Waals surface area contributed by atoms with Gasteiger partial charge in [-0.15, -0.1) is 0 Å². The summed E-state index contributed by atoms with van der Waals surface area (Å²) in [6, 6.07) is 18.1. The standard InChI is InChI=1S/C36H43N3O3/c1-23(2)30-11-10-26(5)33(18-30)34-17-28(7)27(6)16-31(34)22-39(21-29-14-24(3)13-25(4)15-29)36-37-19-32(20-38-36)42-12-8-9-35(40)41/h10-11,13-20,23H,8-9,12,21-22H2,1-7H3,(H,40,41). The first kappa shape index (κ1) is 30.8. The van der Waals surface area contributed by atoms with E-state index in [9.17, 15) is 4.79 Å². The number of aryl methyl sites for hydroxylation is 5. The summed E-state index contributed by atoms with van der Waals surface area (Å²) in [5.74, 6) is 0.759. The minimum atomic E-state index is -0.830. The summed E-state index contributed by atoms with van der Waals surface area (Å²) in [6.07, 6.45) is 3.85. The summed E-state index contributed by atoms with van der Waals surface area (Å²) >= 11 is 0. The van der Waals surface area contributed by atoms with Gasteiger partial charge in [-0.2, -0.15) is 0 Å². The molecule has 1 heterocycles. The largest absolute Gasteiger partial charge is 0.490 e. The molecule has 0 unspecified atom stereocenters. The maximum absolute atomic E-state index is 10.8. The molecule has 220 valence electrons. The molecule has 0 saturated carbocycles. The molecular formula is C36H43N3O3. The van der Waals surface area contributed by atoms with Crippen molar-refractivity contribution in [2.24, 2.45) is 0 Å². The van der Waals surface area contributed by atoms with Gasteiger partial charge in [-0.25, -0.2) is 9.97 Å². The third-order valence-electron chi connectivity index (χ3n) is 7.66. The molecule has 42 heavy (non-hydrogen) atoms. The second-order valence-electron chi connectivity index (χ2n) is 11.7. The number of carboxylic acid groups (broad SMARTS) is 1. The summed E-state index contributed by atoms with van der Waals surface area (Å²) in [7, 11) is 0. The van der Waals surface area contributed by atoms with Crippen molar-refractivity contribution in [1.29, 1.82) is 0 Å². The fraction of sp³-hybridized carbons (Fsp3) is 0.361. The number of carbonyl (C=O) groups is 1. The first-order valence-corrected chi connectivity index (χ1v) is 14.7. The van der Waals surface area contributed by atoms with Gasteiger partial charge in [0, 0.05) is 19.5 Å². The lowest BCUT2D eigenvalue weighted by atomic mass is 9.89. The number of hydrogen-bond acceptors (Lipinski definition) is 5. The van der Waals surface area contributed by atoms with Crippen molar-refractivity contribution < 1.29 is 14.6 Å². The zero-order valence-corrected chi connectivity index (χ0v) is 26.0. The highest BCUT2D eigenvalue weighted by atomic mass is 16.5. The number of hydrogen-bond donors (Lipinski definition) is 1. The summed E-state index contributed by atoms with van der Waals surface area (Å²) in [5.41, 5.74) is 12.5. The van der Waals surface area contributed by atoms with Gasteiger partial charge in [0.2, 0.25) is 5.95 Å². The average molecular weight is 566 g/mol. The molecule has 0 bridgehead atoms. The Balaban J connectivity index is 1.72. The quantitative estimate of drug-likeness (QED) is 0.174. The van der Waals surface area contributed by atoms with Crippen LogP contribution >= 0.6 is 0 Å². The highest BCUT2D eigenvalue weighted by Crippen LogP contribution is 2.33. The van der Waals surface area contributed by atoms with Crippen molar-refractivity contribution in [1.82, 2.24) is 9.97 Å². The maximum Gasteiger partial charge on any atom is 0.303 e. The lowest BCUT2D eigenvalue weighted by Gasteiger charge is -2.26. The van der Waals surface area contributed by atoms with E-state index < -0.39 is 5.97 Å². The first-order valence-electron chi connectivity index (χ1n) is 14.7. The predicted octanol–water partition coefficient (Wildman–Crippen LogP) is 8.26. The van der Waals surface area contributed by atoms with Crippen molar-refractivity contribution in [3.8, 4) is 16.9 Å².